The van der Waals surface area contributed by atoms with Gasteiger partial charge in [0.25, 0.3) is 0 Å². The summed E-state index contributed by atoms with van der Waals surface area (Å²) in [6.45, 7) is 0.0840. The lowest BCUT2D eigenvalue weighted by Gasteiger charge is -2.13. The molecule has 3 N–H and O–H groups in total. The topological polar surface area (TPSA) is 122 Å². The number of nitrogens with zero attached hydrogens (tertiary/aromatic N) is 4. The van der Waals surface area contributed by atoms with Gasteiger partial charge in [0.2, 0.25) is 0 Å². The maximum Gasteiger partial charge on any atom is 0.405 e. The number of hydrogen-bond acceptors (Lipinski definition) is 6. The van der Waals surface area contributed by atoms with Crippen LogP contribution >= 0.6 is 0 Å². The largest absolute Gasteiger partial charge is 0.497 e. The molecule has 0 fully saturated rings. The van der Waals surface area contributed by atoms with Gasteiger partial charge in [-0.15, -0.1) is 10.2 Å². The van der Waals surface area contributed by atoms with Gasteiger partial charge >= 0.3 is 6.09 Å². The Hall–Kier alpha value is -2.68. The number of amides is 1. The van der Waals surface area contributed by atoms with E-state index in [-0.39, 0.29) is 19.0 Å². The summed E-state index contributed by atoms with van der Waals surface area (Å²) in [6, 6.07) is 6.64. The van der Waals surface area contributed by atoms with Crippen molar-refractivity contribution >= 4 is 6.09 Å². The fourth-order valence-electron chi connectivity index (χ4n) is 1.93. The maximum absolute atomic E-state index is 11.0. The van der Waals surface area contributed by atoms with Crippen LogP contribution in [0.25, 0.3) is 0 Å². The fraction of sp³-hybridized carbons (Fsp3) is 0.385. The zero-order chi connectivity index (χ0) is 15.9. The lowest BCUT2D eigenvalue weighted by atomic mass is 10.1. The van der Waals surface area contributed by atoms with E-state index in [1.807, 2.05) is 12.1 Å². The first kappa shape index (κ1) is 15.7. The smallest absolute Gasteiger partial charge is 0.405 e. The number of carbonyl (C=O) groups is 1. The van der Waals surface area contributed by atoms with Crippen LogP contribution in [0.4, 0.5) is 4.79 Å². The molecule has 1 amide bonds. The van der Waals surface area contributed by atoms with Crippen molar-refractivity contribution < 1.29 is 19.7 Å². The molecule has 0 saturated heterocycles. The molecule has 9 nitrogen and oxygen atoms in total. The molecule has 22 heavy (non-hydrogen) atoms. The van der Waals surface area contributed by atoms with Gasteiger partial charge in [0.05, 0.1) is 20.3 Å². The number of ether oxygens (including phenoxy) is 1. The molecule has 1 atom stereocenters. The predicted octanol–water partition coefficient (Wildman–Crippen LogP) is 0.225. The molecule has 9 heteroatoms. The Morgan fingerprint density at radius 3 is 2.73 bits per heavy atom. The third-order valence-corrected chi connectivity index (χ3v) is 2.98. The number of hydrogen-bond donors (Lipinski definition) is 3. The molecule has 2 rings (SSSR count). The van der Waals surface area contributed by atoms with Crippen LogP contribution in [0.1, 0.15) is 17.4 Å². The fourth-order valence-corrected chi connectivity index (χ4v) is 1.93. The highest BCUT2D eigenvalue weighted by Gasteiger charge is 2.20. The highest BCUT2D eigenvalue weighted by Crippen LogP contribution is 2.17. The van der Waals surface area contributed by atoms with Gasteiger partial charge in [0.1, 0.15) is 11.8 Å². The molecule has 1 heterocycles. The third kappa shape index (κ3) is 4.16. The molecule has 0 aliphatic heterocycles. The van der Waals surface area contributed by atoms with Gasteiger partial charge in [-0.3, -0.25) is 0 Å². The minimum Gasteiger partial charge on any atom is -0.497 e. The van der Waals surface area contributed by atoms with E-state index in [9.17, 15) is 4.79 Å². The van der Waals surface area contributed by atoms with Crippen LogP contribution in [0.3, 0.4) is 0 Å². The molecule has 1 aromatic carbocycles. The molecular weight excluding hydrogens is 290 g/mol. The SMILES string of the molecule is COc1ccc(C[C@H](NC(=O)O)c2nnn(CCO)n2)cc1. The lowest BCUT2D eigenvalue weighted by Crippen LogP contribution is -2.29. The lowest BCUT2D eigenvalue weighted by molar-refractivity contribution is 0.189. The van der Waals surface area contributed by atoms with E-state index in [1.165, 1.54) is 4.80 Å². The van der Waals surface area contributed by atoms with Crippen molar-refractivity contribution in [3.8, 4) is 5.75 Å². The van der Waals surface area contributed by atoms with E-state index >= 15 is 0 Å². The number of carboxylic acid groups (broad SMARTS) is 1. The van der Waals surface area contributed by atoms with Crippen molar-refractivity contribution in [3.63, 3.8) is 0 Å². The van der Waals surface area contributed by atoms with Crippen molar-refractivity contribution in [2.24, 2.45) is 0 Å². The van der Waals surface area contributed by atoms with Crippen LogP contribution in [-0.2, 0) is 13.0 Å². The predicted molar refractivity (Wildman–Crippen MR) is 75.5 cm³/mol. The number of aromatic nitrogens is 4. The third-order valence-electron chi connectivity index (χ3n) is 2.98. The summed E-state index contributed by atoms with van der Waals surface area (Å²) in [6.07, 6.45) is -0.793. The highest BCUT2D eigenvalue weighted by atomic mass is 16.5. The summed E-state index contributed by atoms with van der Waals surface area (Å²) in [5, 5.41) is 31.9. The van der Waals surface area contributed by atoms with Crippen molar-refractivity contribution in [1.29, 1.82) is 0 Å². The quantitative estimate of drug-likeness (QED) is 0.669. The zero-order valence-corrected chi connectivity index (χ0v) is 12.0. The molecule has 0 unspecified atom stereocenters. The summed E-state index contributed by atoms with van der Waals surface area (Å²) in [5.41, 5.74) is 0.901. The van der Waals surface area contributed by atoms with Crippen LogP contribution in [0.2, 0.25) is 0 Å². The van der Waals surface area contributed by atoms with E-state index in [4.69, 9.17) is 14.9 Å². The molecule has 0 spiro atoms. The number of aliphatic hydroxyl groups excluding tert-OH is 1. The average molecular weight is 307 g/mol. The Morgan fingerprint density at radius 2 is 2.14 bits per heavy atom. The normalized spacial score (nSPS) is 11.9. The second kappa shape index (κ2) is 7.36. The second-order valence-corrected chi connectivity index (χ2v) is 4.52. The first-order chi connectivity index (χ1) is 10.6. The van der Waals surface area contributed by atoms with E-state index in [0.717, 1.165) is 11.3 Å². The van der Waals surface area contributed by atoms with Gasteiger partial charge in [-0.25, -0.2) is 4.79 Å². The van der Waals surface area contributed by atoms with Gasteiger partial charge in [-0.05, 0) is 22.9 Å². The van der Waals surface area contributed by atoms with Gasteiger partial charge < -0.3 is 20.3 Å². The van der Waals surface area contributed by atoms with Crippen LogP contribution in [0.15, 0.2) is 24.3 Å². The Morgan fingerprint density at radius 1 is 1.41 bits per heavy atom. The minimum atomic E-state index is -1.17. The number of rotatable bonds is 7. The Kier molecular flexibility index (Phi) is 5.26. The molecule has 0 aliphatic rings. The zero-order valence-electron chi connectivity index (χ0n) is 12.0. The Balaban J connectivity index is 2.15. The van der Waals surface area contributed by atoms with Crippen LogP contribution in [0.5, 0.6) is 5.75 Å². The van der Waals surface area contributed by atoms with Crippen molar-refractivity contribution in [2.45, 2.75) is 19.0 Å². The summed E-state index contributed by atoms with van der Waals surface area (Å²) < 4.78 is 5.08. The number of methoxy groups -OCH3 is 1. The Labute approximate surface area is 126 Å². The minimum absolute atomic E-state index is 0.120. The van der Waals surface area contributed by atoms with Crippen molar-refractivity contribution in [2.75, 3.05) is 13.7 Å². The standard InChI is InChI=1S/C13H17N5O4/c1-22-10-4-2-9(3-5-10)8-11(14-13(20)21)12-15-17-18(16-12)6-7-19/h2-5,11,14,19H,6-8H2,1H3,(H,20,21)/t11-/m0/s1. The molecule has 118 valence electrons. The van der Waals surface area contributed by atoms with E-state index in [0.29, 0.717) is 6.42 Å². The average Bonchev–Trinajstić information content (AvgIpc) is 2.96. The monoisotopic (exact) mass is 307 g/mol. The summed E-state index contributed by atoms with van der Waals surface area (Å²) in [7, 11) is 1.58. The molecule has 0 radical (unpaired) electrons. The summed E-state index contributed by atoms with van der Waals surface area (Å²) >= 11 is 0. The molecule has 0 bridgehead atoms. The van der Waals surface area contributed by atoms with Gasteiger partial charge in [-0.1, -0.05) is 12.1 Å². The summed E-state index contributed by atoms with van der Waals surface area (Å²) in [4.78, 5) is 12.2. The van der Waals surface area contributed by atoms with Crippen LogP contribution in [0, 0.1) is 0 Å². The van der Waals surface area contributed by atoms with Crippen molar-refractivity contribution in [3.05, 3.63) is 35.7 Å². The van der Waals surface area contributed by atoms with E-state index in [1.54, 1.807) is 19.2 Å². The second-order valence-electron chi connectivity index (χ2n) is 4.52. The Bertz CT molecular complexity index is 613. The van der Waals surface area contributed by atoms with E-state index in [2.05, 4.69) is 20.7 Å². The molecule has 1 aromatic heterocycles. The number of aliphatic hydroxyl groups is 1. The van der Waals surface area contributed by atoms with E-state index < -0.39 is 12.1 Å². The summed E-state index contributed by atoms with van der Waals surface area (Å²) in [5.74, 6) is 0.977. The highest BCUT2D eigenvalue weighted by molar-refractivity contribution is 5.65. The molecule has 0 aliphatic carbocycles. The van der Waals surface area contributed by atoms with Crippen LogP contribution < -0.4 is 10.1 Å². The van der Waals surface area contributed by atoms with Crippen molar-refractivity contribution in [1.82, 2.24) is 25.5 Å². The van der Waals surface area contributed by atoms with Gasteiger partial charge in [-0.2, -0.15) is 4.80 Å². The molecule has 0 saturated carbocycles. The molecule has 2 aromatic rings. The maximum atomic E-state index is 11.0. The van der Waals surface area contributed by atoms with Gasteiger partial charge in [0, 0.05) is 6.42 Å². The first-order valence-corrected chi connectivity index (χ1v) is 6.63. The number of tetrazole rings is 1. The van der Waals surface area contributed by atoms with Crippen LogP contribution in [-0.4, -0.2) is 50.2 Å². The van der Waals surface area contributed by atoms with Gasteiger partial charge in [0.15, 0.2) is 5.82 Å². The first-order valence-electron chi connectivity index (χ1n) is 6.63. The number of nitrogens with one attached hydrogen (secondary N) is 1. The number of benzene rings is 1. The molecular formula is C13H17N5O4.